The van der Waals surface area contributed by atoms with Gasteiger partial charge < -0.3 is 10.6 Å². The first-order chi connectivity index (χ1) is 8.24. The highest BCUT2D eigenvalue weighted by Crippen LogP contribution is 2.19. The van der Waals surface area contributed by atoms with Crippen LogP contribution < -0.4 is 5.73 Å². The van der Waals surface area contributed by atoms with Crippen molar-refractivity contribution in [2.75, 3.05) is 45.0 Å². The Balaban J connectivity index is 2.47. The van der Waals surface area contributed by atoms with Crippen LogP contribution in [0.15, 0.2) is 0 Å². The summed E-state index contributed by atoms with van der Waals surface area (Å²) in [6.45, 7) is 10.4. The van der Waals surface area contributed by atoms with Crippen molar-refractivity contribution in [3.05, 3.63) is 0 Å². The van der Waals surface area contributed by atoms with Crippen molar-refractivity contribution in [1.29, 1.82) is 0 Å². The summed E-state index contributed by atoms with van der Waals surface area (Å²) >= 11 is 0. The van der Waals surface area contributed by atoms with Crippen LogP contribution in [0.2, 0.25) is 0 Å². The minimum atomic E-state index is -3.10. The molecule has 0 aromatic rings. The molecule has 0 radical (unpaired) electrons. The molecule has 1 saturated heterocycles. The smallest absolute Gasteiger partial charge is 0.214 e. The molecule has 0 unspecified atom stereocenters. The molecule has 1 fully saturated rings. The van der Waals surface area contributed by atoms with E-state index in [4.69, 9.17) is 5.73 Å². The van der Waals surface area contributed by atoms with E-state index in [1.165, 1.54) is 0 Å². The summed E-state index contributed by atoms with van der Waals surface area (Å²) in [6.07, 6.45) is 0.981. The van der Waals surface area contributed by atoms with Crippen LogP contribution in [0, 0.1) is 5.41 Å². The zero-order valence-electron chi connectivity index (χ0n) is 11.9. The fourth-order valence-corrected chi connectivity index (χ4v) is 4.18. The Hall–Kier alpha value is -0.170. The van der Waals surface area contributed by atoms with Crippen molar-refractivity contribution < 1.29 is 8.42 Å². The monoisotopic (exact) mass is 277 g/mol. The Kier molecular flexibility index (Phi) is 5.58. The molecule has 0 saturated carbocycles. The molecule has 18 heavy (non-hydrogen) atoms. The molecule has 1 aliphatic rings. The van der Waals surface area contributed by atoms with Crippen LogP contribution in [0.3, 0.4) is 0 Å². The van der Waals surface area contributed by atoms with Crippen LogP contribution in [0.4, 0.5) is 0 Å². The van der Waals surface area contributed by atoms with Crippen molar-refractivity contribution in [1.82, 2.24) is 9.21 Å². The van der Waals surface area contributed by atoms with Crippen LogP contribution in [0.25, 0.3) is 0 Å². The van der Waals surface area contributed by atoms with E-state index in [1.54, 1.807) is 4.31 Å². The predicted octanol–water partition coefficient (Wildman–Crippen LogP) is 0.329. The highest BCUT2D eigenvalue weighted by Gasteiger charge is 2.30. The van der Waals surface area contributed by atoms with E-state index in [0.717, 1.165) is 26.1 Å². The lowest BCUT2D eigenvalue weighted by Crippen LogP contribution is -2.50. The van der Waals surface area contributed by atoms with E-state index >= 15 is 0 Å². The second-order valence-electron chi connectivity index (χ2n) is 6.20. The van der Waals surface area contributed by atoms with E-state index in [1.807, 2.05) is 20.8 Å². The SMILES string of the molecule is CC(C)(C)CS(=O)(=O)N1CCN(CCCN)CC1. The lowest BCUT2D eigenvalue weighted by atomic mass is 10.0. The maximum atomic E-state index is 12.2. The first-order valence-electron chi connectivity index (χ1n) is 6.65. The number of nitrogens with zero attached hydrogens (tertiary/aromatic N) is 2. The third kappa shape index (κ3) is 5.22. The standard InChI is InChI=1S/C12H27N3O2S/c1-12(2,3)11-18(16,17)15-9-7-14(8-10-15)6-4-5-13/h4-11,13H2,1-3H3. The summed E-state index contributed by atoms with van der Waals surface area (Å²) in [5.74, 6) is 0.225. The molecule has 0 atom stereocenters. The molecule has 1 rings (SSSR count). The van der Waals surface area contributed by atoms with Gasteiger partial charge in [-0.05, 0) is 24.9 Å². The van der Waals surface area contributed by atoms with E-state index in [2.05, 4.69) is 4.90 Å². The molecular formula is C12H27N3O2S. The van der Waals surface area contributed by atoms with Gasteiger partial charge in [0.15, 0.2) is 0 Å². The lowest BCUT2D eigenvalue weighted by molar-refractivity contribution is 0.186. The van der Waals surface area contributed by atoms with Gasteiger partial charge in [0.25, 0.3) is 0 Å². The summed E-state index contributed by atoms with van der Waals surface area (Å²) in [5, 5.41) is 0. The number of sulfonamides is 1. The Morgan fingerprint density at radius 1 is 1.11 bits per heavy atom. The van der Waals surface area contributed by atoms with Gasteiger partial charge in [-0.2, -0.15) is 4.31 Å². The number of rotatable bonds is 5. The zero-order chi connectivity index (χ0) is 13.8. The lowest BCUT2D eigenvalue weighted by Gasteiger charge is -2.35. The average Bonchev–Trinajstić information content (AvgIpc) is 2.23. The van der Waals surface area contributed by atoms with Crippen molar-refractivity contribution in [3.63, 3.8) is 0 Å². The van der Waals surface area contributed by atoms with Gasteiger partial charge in [0.05, 0.1) is 5.75 Å². The van der Waals surface area contributed by atoms with Gasteiger partial charge in [-0.3, -0.25) is 0 Å². The Morgan fingerprint density at radius 3 is 2.11 bits per heavy atom. The molecule has 0 bridgehead atoms. The third-order valence-corrected chi connectivity index (χ3v) is 5.40. The topological polar surface area (TPSA) is 66.6 Å². The van der Waals surface area contributed by atoms with Gasteiger partial charge in [0, 0.05) is 26.2 Å². The summed E-state index contributed by atoms with van der Waals surface area (Å²) in [6, 6.07) is 0. The van der Waals surface area contributed by atoms with Gasteiger partial charge in [0.2, 0.25) is 10.0 Å². The Bertz CT molecular complexity index is 341. The molecule has 0 aliphatic carbocycles. The van der Waals surface area contributed by atoms with Crippen molar-refractivity contribution in [3.8, 4) is 0 Å². The van der Waals surface area contributed by atoms with Crippen LogP contribution in [-0.4, -0.2) is 62.6 Å². The fraction of sp³-hybridized carbons (Fsp3) is 1.00. The van der Waals surface area contributed by atoms with Crippen LogP contribution in [0.5, 0.6) is 0 Å². The quantitative estimate of drug-likeness (QED) is 0.786. The van der Waals surface area contributed by atoms with Crippen molar-refractivity contribution >= 4 is 10.0 Å². The number of hydrogen-bond acceptors (Lipinski definition) is 4. The fourth-order valence-electron chi connectivity index (χ4n) is 2.18. The van der Waals surface area contributed by atoms with Crippen LogP contribution in [0.1, 0.15) is 27.2 Å². The Morgan fingerprint density at radius 2 is 1.67 bits per heavy atom. The highest BCUT2D eigenvalue weighted by atomic mass is 32.2. The maximum Gasteiger partial charge on any atom is 0.214 e. The highest BCUT2D eigenvalue weighted by molar-refractivity contribution is 7.89. The molecule has 2 N–H and O–H groups in total. The largest absolute Gasteiger partial charge is 0.330 e. The molecule has 0 amide bonds. The van der Waals surface area contributed by atoms with E-state index in [9.17, 15) is 8.42 Å². The maximum absolute atomic E-state index is 12.2. The minimum absolute atomic E-state index is 0.185. The molecule has 1 heterocycles. The van der Waals surface area contributed by atoms with Crippen LogP contribution >= 0.6 is 0 Å². The van der Waals surface area contributed by atoms with Gasteiger partial charge in [-0.25, -0.2) is 8.42 Å². The zero-order valence-corrected chi connectivity index (χ0v) is 12.7. The molecule has 6 heteroatoms. The normalized spacial score (nSPS) is 20.2. The van der Waals surface area contributed by atoms with Crippen LogP contribution in [-0.2, 0) is 10.0 Å². The molecule has 0 aromatic heterocycles. The summed E-state index contributed by atoms with van der Waals surface area (Å²) < 4.78 is 26.1. The van der Waals surface area contributed by atoms with Gasteiger partial charge in [-0.15, -0.1) is 0 Å². The first kappa shape index (κ1) is 15.9. The number of piperazine rings is 1. The van der Waals surface area contributed by atoms with E-state index in [0.29, 0.717) is 19.6 Å². The molecule has 108 valence electrons. The van der Waals surface area contributed by atoms with E-state index in [-0.39, 0.29) is 11.2 Å². The van der Waals surface area contributed by atoms with Gasteiger partial charge in [-0.1, -0.05) is 20.8 Å². The predicted molar refractivity (Wildman–Crippen MR) is 74.9 cm³/mol. The molecule has 0 aromatic carbocycles. The molecule has 5 nitrogen and oxygen atoms in total. The summed E-state index contributed by atoms with van der Waals surface area (Å²) in [7, 11) is -3.10. The van der Waals surface area contributed by atoms with Crippen molar-refractivity contribution in [2.24, 2.45) is 11.1 Å². The van der Waals surface area contributed by atoms with Gasteiger partial charge >= 0.3 is 0 Å². The van der Waals surface area contributed by atoms with E-state index < -0.39 is 10.0 Å². The third-order valence-electron chi connectivity index (χ3n) is 3.02. The first-order valence-corrected chi connectivity index (χ1v) is 8.26. The van der Waals surface area contributed by atoms with Crippen molar-refractivity contribution in [2.45, 2.75) is 27.2 Å². The second kappa shape index (κ2) is 6.32. The second-order valence-corrected chi connectivity index (χ2v) is 8.17. The summed E-state index contributed by atoms with van der Waals surface area (Å²) in [5.41, 5.74) is 5.29. The number of nitrogens with two attached hydrogens (primary N) is 1. The number of hydrogen-bond donors (Lipinski definition) is 1. The summed E-state index contributed by atoms with van der Waals surface area (Å²) in [4.78, 5) is 2.29. The van der Waals surface area contributed by atoms with Gasteiger partial charge in [0.1, 0.15) is 0 Å². The molecule has 1 aliphatic heterocycles. The minimum Gasteiger partial charge on any atom is -0.330 e. The average molecular weight is 277 g/mol. The Labute approximate surface area is 111 Å². The molecular weight excluding hydrogens is 250 g/mol. The molecule has 0 spiro atoms.